The van der Waals surface area contributed by atoms with Gasteiger partial charge in [0.05, 0.1) is 16.5 Å². The Balaban J connectivity index is 1.59. The van der Waals surface area contributed by atoms with Crippen molar-refractivity contribution in [1.29, 1.82) is 0 Å². The molecule has 0 unspecified atom stereocenters. The highest BCUT2D eigenvalue weighted by atomic mass is 19.4. The Bertz CT molecular complexity index is 1740. The second kappa shape index (κ2) is 8.20. The number of nitrogens with zero attached hydrogens (tertiary/aromatic N) is 1. The third-order valence-electron chi connectivity index (χ3n) is 7.58. The Hall–Kier alpha value is -3.60. The van der Waals surface area contributed by atoms with Crippen molar-refractivity contribution in [2.45, 2.75) is 53.6 Å². The molecule has 2 heterocycles. The first-order valence-electron chi connectivity index (χ1n) is 13.0. The molecule has 0 amide bonds. The van der Waals surface area contributed by atoms with Crippen LogP contribution < -0.4 is 4.74 Å². The Labute approximate surface area is 220 Å². The molecule has 0 radical (unpaired) electrons. The van der Waals surface area contributed by atoms with Gasteiger partial charge in [0.1, 0.15) is 11.5 Å². The molecular formula is C33H30F3NO. The number of pyridine rings is 1. The van der Waals surface area contributed by atoms with Crippen LogP contribution in [0.5, 0.6) is 11.5 Å². The van der Waals surface area contributed by atoms with Crippen LogP contribution in [0, 0.1) is 10.8 Å². The van der Waals surface area contributed by atoms with Crippen LogP contribution in [0.2, 0.25) is 0 Å². The van der Waals surface area contributed by atoms with Crippen LogP contribution in [0.3, 0.4) is 0 Å². The lowest BCUT2D eigenvalue weighted by molar-refractivity contribution is -0.211. The summed E-state index contributed by atoms with van der Waals surface area (Å²) in [7, 11) is 0. The Morgan fingerprint density at radius 3 is 2.26 bits per heavy atom. The first-order chi connectivity index (χ1) is 17.8. The van der Waals surface area contributed by atoms with Crippen LogP contribution in [-0.4, -0.2) is 11.2 Å². The maximum atomic E-state index is 13.6. The van der Waals surface area contributed by atoms with E-state index in [0.717, 1.165) is 61.3 Å². The van der Waals surface area contributed by atoms with Crippen LogP contribution in [0.4, 0.5) is 13.2 Å². The van der Waals surface area contributed by atoms with Gasteiger partial charge in [-0.2, -0.15) is 13.2 Å². The number of alkyl halides is 3. The molecule has 4 aromatic carbocycles. The molecule has 0 N–H and O–H groups in total. The maximum absolute atomic E-state index is 13.6. The number of rotatable bonds is 3. The second-order valence-corrected chi connectivity index (χ2v) is 12.4. The molecule has 6 rings (SSSR count). The van der Waals surface area contributed by atoms with Gasteiger partial charge in [-0.3, -0.25) is 4.98 Å². The average Bonchev–Trinajstić information content (AvgIpc) is 2.83. The number of aromatic nitrogens is 1. The van der Waals surface area contributed by atoms with Crippen LogP contribution in [-0.2, 0) is 12.8 Å². The van der Waals surface area contributed by atoms with Crippen molar-refractivity contribution < 1.29 is 17.9 Å². The van der Waals surface area contributed by atoms with Gasteiger partial charge in [0.2, 0.25) is 0 Å². The molecule has 0 saturated carbocycles. The summed E-state index contributed by atoms with van der Waals surface area (Å²) in [5.74, 6) is 1.51. The van der Waals surface area contributed by atoms with E-state index in [4.69, 9.17) is 9.72 Å². The number of hydrogen-bond acceptors (Lipinski definition) is 2. The molecule has 5 heteroatoms. The zero-order valence-electron chi connectivity index (χ0n) is 22.3. The third kappa shape index (κ3) is 4.00. The number of ether oxygens (including phenoxy) is 1. The Morgan fingerprint density at radius 1 is 0.763 bits per heavy atom. The highest BCUT2D eigenvalue weighted by molar-refractivity contribution is 6.16. The van der Waals surface area contributed by atoms with E-state index >= 15 is 0 Å². The molecule has 0 aliphatic carbocycles. The number of hydrogen-bond donors (Lipinski definition) is 0. The zero-order chi connectivity index (χ0) is 27.0. The Morgan fingerprint density at radius 2 is 1.53 bits per heavy atom. The van der Waals surface area contributed by atoms with E-state index in [1.165, 1.54) is 13.8 Å². The predicted molar refractivity (Wildman–Crippen MR) is 149 cm³/mol. The van der Waals surface area contributed by atoms with Crippen LogP contribution in [0.25, 0.3) is 43.6 Å². The Kier molecular flexibility index (Phi) is 5.33. The molecule has 1 aliphatic rings. The topological polar surface area (TPSA) is 22.1 Å². The summed E-state index contributed by atoms with van der Waals surface area (Å²) in [5, 5.41) is 6.07. The fourth-order valence-corrected chi connectivity index (χ4v) is 5.64. The van der Waals surface area contributed by atoms with Crippen molar-refractivity contribution in [3.05, 3.63) is 78.0 Å². The van der Waals surface area contributed by atoms with E-state index in [1.807, 2.05) is 48.7 Å². The summed E-state index contributed by atoms with van der Waals surface area (Å²) < 4.78 is 47.5. The van der Waals surface area contributed by atoms with Crippen molar-refractivity contribution in [3.8, 4) is 22.8 Å². The fourth-order valence-electron chi connectivity index (χ4n) is 5.64. The van der Waals surface area contributed by atoms with Gasteiger partial charge in [-0.25, -0.2) is 0 Å². The van der Waals surface area contributed by atoms with Crippen molar-refractivity contribution in [1.82, 2.24) is 4.98 Å². The quantitative estimate of drug-likeness (QED) is 0.220. The largest absolute Gasteiger partial charge is 0.456 e. The normalized spacial score (nSPS) is 13.7. The van der Waals surface area contributed by atoms with Gasteiger partial charge in [-0.15, -0.1) is 0 Å². The van der Waals surface area contributed by atoms with E-state index in [-0.39, 0.29) is 11.8 Å². The lowest BCUT2D eigenvalue weighted by Gasteiger charge is -2.28. The summed E-state index contributed by atoms with van der Waals surface area (Å²) in [6.45, 7) is 9.15. The highest BCUT2D eigenvalue weighted by Gasteiger charge is 2.47. The van der Waals surface area contributed by atoms with E-state index in [1.54, 1.807) is 0 Å². The fraction of sp³-hybridized carbons (Fsp3) is 0.303. The smallest absolute Gasteiger partial charge is 0.394 e. The third-order valence-corrected chi connectivity index (χ3v) is 7.58. The minimum Gasteiger partial charge on any atom is -0.456 e. The van der Waals surface area contributed by atoms with Crippen molar-refractivity contribution in [3.63, 3.8) is 0 Å². The molecule has 0 saturated heterocycles. The van der Waals surface area contributed by atoms with Gasteiger partial charge in [0.25, 0.3) is 0 Å². The van der Waals surface area contributed by atoms with Crippen molar-refractivity contribution in [2.24, 2.45) is 10.8 Å². The van der Waals surface area contributed by atoms with E-state index in [9.17, 15) is 13.2 Å². The average molecular weight is 514 g/mol. The standard InChI is InChI=1S/C33H30F3NO/c1-31(2,3)18-26-22-9-7-6-8-20(22)15-25-29-28-24(12-13-37-29)23-11-10-19(17-32(4,5)33(34,35)36)14-21(23)16-27(28)38-30(25)26/h6-16H,17-18H2,1-5H3. The SMILES string of the molecule is CC(C)(C)Cc1c2c(cc3ccccc13)-c1nccc3c1c(cc1cc(CC(C)(C)C(F)(F)F)ccc13)O2. The number of fused-ring (bicyclic) bond motifs is 5. The first kappa shape index (κ1) is 24.7. The van der Waals surface area contributed by atoms with E-state index < -0.39 is 11.6 Å². The van der Waals surface area contributed by atoms with Gasteiger partial charge in [-0.05, 0) is 69.0 Å². The number of halogens is 3. The molecule has 0 spiro atoms. The summed E-state index contributed by atoms with van der Waals surface area (Å²) in [6.07, 6.45) is -1.73. The van der Waals surface area contributed by atoms with Crippen molar-refractivity contribution >= 4 is 32.3 Å². The van der Waals surface area contributed by atoms with Gasteiger partial charge >= 0.3 is 6.18 Å². The highest BCUT2D eigenvalue weighted by Crippen LogP contribution is 2.51. The van der Waals surface area contributed by atoms with E-state index in [0.29, 0.717) is 11.3 Å². The summed E-state index contributed by atoms with van der Waals surface area (Å²) >= 11 is 0. The molecule has 5 aromatic rings. The van der Waals surface area contributed by atoms with Gasteiger partial charge in [0.15, 0.2) is 0 Å². The monoisotopic (exact) mass is 513 g/mol. The lowest BCUT2D eigenvalue weighted by atomic mass is 9.83. The molecule has 38 heavy (non-hydrogen) atoms. The molecule has 2 nitrogen and oxygen atoms in total. The molecule has 194 valence electrons. The van der Waals surface area contributed by atoms with Crippen LogP contribution >= 0.6 is 0 Å². The van der Waals surface area contributed by atoms with Crippen LogP contribution in [0.1, 0.15) is 45.7 Å². The minimum absolute atomic E-state index is 0.0323. The van der Waals surface area contributed by atoms with Crippen LogP contribution in [0.15, 0.2) is 66.9 Å². The lowest BCUT2D eigenvalue weighted by Crippen LogP contribution is -2.34. The molecule has 0 fully saturated rings. The second-order valence-electron chi connectivity index (χ2n) is 12.4. The van der Waals surface area contributed by atoms with Gasteiger partial charge < -0.3 is 4.74 Å². The summed E-state index contributed by atoms with van der Waals surface area (Å²) in [6, 6.07) is 20.1. The van der Waals surface area contributed by atoms with E-state index in [2.05, 4.69) is 39.0 Å². The molecule has 1 aliphatic heterocycles. The summed E-state index contributed by atoms with van der Waals surface area (Å²) in [4.78, 5) is 4.82. The molecule has 0 atom stereocenters. The molecule has 1 aromatic heterocycles. The maximum Gasteiger partial charge on any atom is 0.394 e. The van der Waals surface area contributed by atoms with Crippen molar-refractivity contribution in [2.75, 3.05) is 0 Å². The molecular weight excluding hydrogens is 483 g/mol. The minimum atomic E-state index is -4.28. The van der Waals surface area contributed by atoms with Gasteiger partial charge in [-0.1, -0.05) is 77.1 Å². The first-order valence-corrected chi connectivity index (χ1v) is 13.0. The van der Waals surface area contributed by atoms with Gasteiger partial charge in [0, 0.05) is 17.3 Å². The number of benzene rings is 4. The predicted octanol–water partition coefficient (Wildman–Crippen LogP) is 10.0. The summed E-state index contributed by atoms with van der Waals surface area (Å²) in [5.41, 5.74) is 1.87. The molecule has 0 bridgehead atoms. The zero-order valence-corrected chi connectivity index (χ0v) is 22.3.